The van der Waals surface area contributed by atoms with Crippen molar-refractivity contribution in [2.45, 2.75) is 11.8 Å². The van der Waals surface area contributed by atoms with Crippen molar-refractivity contribution in [2.24, 2.45) is 5.14 Å². The summed E-state index contributed by atoms with van der Waals surface area (Å²) >= 11 is 0. The van der Waals surface area contributed by atoms with Gasteiger partial charge in [0, 0.05) is 5.56 Å². The summed E-state index contributed by atoms with van der Waals surface area (Å²) in [6, 6.07) is 18.4. The molecule has 152 valence electrons. The second-order valence-electron chi connectivity index (χ2n) is 6.89. The number of sulfonamides is 1. The summed E-state index contributed by atoms with van der Waals surface area (Å²) in [5.74, 6) is 0.987. The topological polar surface area (TPSA) is 99.6 Å². The Kier molecular flexibility index (Phi) is 4.93. The number of aryl methyl sites for hydroxylation is 1. The third-order valence-corrected chi connectivity index (χ3v) is 5.87. The van der Waals surface area contributed by atoms with Gasteiger partial charge >= 0.3 is 0 Å². The van der Waals surface area contributed by atoms with Crippen molar-refractivity contribution in [2.75, 3.05) is 7.11 Å². The van der Waals surface area contributed by atoms with Crippen LogP contribution in [0, 0.1) is 6.92 Å². The average molecular weight is 421 g/mol. The van der Waals surface area contributed by atoms with Crippen LogP contribution in [0.15, 0.2) is 80.8 Å². The summed E-state index contributed by atoms with van der Waals surface area (Å²) < 4.78 is 34.7. The molecule has 0 aliphatic carbocycles. The van der Waals surface area contributed by atoms with Crippen molar-refractivity contribution in [1.29, 1.82) is 0 Å². The Morgan fingerprint density at radius 3 is 2.27 bits per heavy atom. The highest BCUT2D eigenvalue weighted by Crippen LogP contribution is 2.35. The van der Waals surface area contributed by atoms with E-state index in [1.54, 1.807) is 49.6 Å². The van der Waals surface area contributed by atoms with Gasteiger partial charge in [-0.05, 0) is 60.5 Å². The summed E-state index contributed by atoms with van der Waals surface area (Å²) in [7, 11) is -2.26. The van der Waals surface area contributed by atoms with E-state index in [4.69, 9.17) is 14.3 Å². The van der Waals surface area contributed by atoms with E-state index in [1.165, 1.54) is 12.1 Å². The first-order chi connectivity index (χ1) is 14.3. The summed E-state index contributed by atoms with van der Waals surface area (Å²) in [5, 5.41) is 5.65. The van der Waals surface area contributed by atoms with Crippen LogP contribution in [0.3, 0.4) is 0 Å². The van der Waals surface area contributed by atoms with Gasteiger partial charge in [0.2, 0.25) is 15.5 Å². The first-order valence-corrected chi connectivity index (χ1v) is 10.7. The van der Waals surface area contributed by atoms with Gasteiger partial charge in [0.25, 0.3) is 0 Å². The predicted molar refractivity (Wildman–Crippen MR) is 116 cm³/mol. The van der Waals surface area contributed by atoms with Crippen molar-refractivity contribution in [3.05, 3.63) is 82.5 Å². The molecule has 0 amide bonds. The van der Waals surface area contributed by atoms with Crippen LogP contribution in [0.25, 0.3) is 33.4 Å². The maximum atomic E-state index is 13.4. The Balaban J connectivity index is 2.04. The molecule has 0 bridgehead atoms. The number of primary sulfonamides is 1. The zero-order valence-electron chi connectivity index (χ0n) is 16.4. The fraction of sp³-hybridized carbons (Fsp3) is 0.0870. The molecule has 6 nitrogen and oxygen atoms in total. The van der Waals surface area contributed by atoms with Crippen LogP contribution in [-0.2, 0) is 10.0 Å². The van der Waals surface area contributed by atoms with E-state index in [1.807, 2.05) is 19.1 Å². The van der Waals surface area contributed by atoms with Gasteiger partial charge in [0.1, 0.15) is 17.1 Å². The molecule has 30 heavy (non-hydrogen) atoms. The SMILES string of the molecule is COc1cc(-c2c(-c3ccc(S(N)(=O)=O)cc3)oc3ccccc3c2=O)ccc1C. The van der Waals surface area contributed by atoms with Gasteiger partial charge < -0.3 is 9.15 Å². The lowest BCUT2D eigenvalue weighted by molar-refractivity contribution is 0.412. The minimum atomic E-state index is -3.83. The van der Waals surface area contributed by atoms with E-state index in [9.17, 15) is 13.2 Å². The molecule has 0 radical (unpaired) electrons. The number of hydrogen-bond donors (Lipinski definition) is 1. The molecule has 0 aliphatic rings. The highest BCUT2D eigenvalue weighted by Gasteiger charge is 2.19. The van der Waals surface area contributed by atoms with Crippen molar-refractivity contribution in [3.8, 4) is 28.2 Å². The third kappa shape index (κ3) is 3.49. The molecular formula is C23H19NO5S. The number of fused-ring (bicyclic) bond motifs is 1. The van der Waals surface area contributed by atoms with Crippen molar-refractivity contribution in [3.63, 3.8) is 0 Å². The monoisotopic (exact) mass is 421 g/mol. The Bertz CT molecular complexity index is 1420. The van der Waals surface area contributed by atoms with Crippen molar-refractivity contribution >= 4 is 21.0 Å². The molecular weight excluding hydrogens is 402 g/mol. The number of ether oxygens (including phenoxy) is 1. The van der Waals surface area contributed by atoms with Crippen LogP contribution in [0.2, 0.25) is 0 Å². The fourth-order valence-corrected chi connectivity index (χ4v) is 3.89. The Labute approximate surface area is 173 Å². The van der Waals surface area contributed by atoms with Crippen LogP contribution >= 0.6 is 0 Å². The van der Waals surface area contributed by atoms with Crippen LogP contribution in [0.5, 0.6) is 5.75 Å². The van der Waals surface area contributed by atoms with E-state index < -0.39 is 10.0 Å². The maximum Gasteiger partial charge on any atom is 0.238 e. The summed E-state index contributed by atoms with van der Waals surface area (Å²) in [5.41, 5.74) is 2.76. The number of hydrogen-bond acceptors (Lipinski definition) is 5. The van der Waals surface area contributed by atoms with E-state index >= 15 is 0 Å². The lowest BCUT2D eigenvalue weighted by atomic mass is 9.97. The van der Waals surface area contributed by atoms with Crippen molar-refractivity contribution < 1.29 is 17.6 Å². The van der Waals surface area contributed by atoms with E-state index in [0.717, 1.165) is 5.56 Å². The molecule has 2 N–H and O–H groups in total. The van der Waals surface area contributed by atoms with Gasteiger partial charge in [-0.1, -0.05) is 24.3 Å². The largest absolute Gasteiger partial charge is 0.496 e. The smallest absolute Gasteiger partial charge is 0.238 e. The summed E-state index contributed by atoms with van der Waals surface area (Å²) in [6.07, 6.45) is 0. The lowest BCUT2D eigenvalue weighted by Crippen LogP contribution is -2.12. The zero-order valence-corrected chi connectivity index (χ0v) is 17.2. The zero-order chi connectivity index (χ0) is 21.5. The number of nitrogens with two attached hydrogens (primary N) is 1. The molecule has 3 aromatic carbocycles. The molecule has 0 saturated carbocycles. The number of rotatable bonds is 4. The number of benzene rings is 3. The normalized spacial score (nSPS) is 11.6. The lowest BCUT2D eigenvalue weighted by Gasteiger charge is -2.13. The molecule has 0 aliphatic heterocycles. The van der Waals surface area contributed by atoms with E-state index in [-0.39, 0.29) is 10.3 Å². The molecule has 1 heterocycles. The van der Waals surface area contributed by atoms with Gasteiger partial charge in [-0.25, -0.2) is 13.6 Å². The first kappa shape index (κ1) is 19.9. The first-order valence-electron chi connectivity index (χ1n) is 9.13. The van der Waals surface area contributed by atoms with Crippen molar-refractivity contribution in [1.82, 2.24) is 0 Å². The van der Waals surface area contributed by atoms with Gasteiger partial charge in [-0.2, -0.15) is 0 Å². The number of para-hydroxylation sites is 1. The highest BCUT2D eigenvalue weighted by molar-refractivity contribution is 7.89. The third-order valence-electron chi connectivity index (χ3n) is 4.94. The molecule has 0 spiro atoms. The second-order valence-corrected chi connectivity index (χ2v) is 8.45. The highest BCUT2D eigenvalue weighted by atomic mass is 32.2. The second kappa shape index (κ2) is 7.44. The Hall–Kier alpha value is -3.42. The standard InChI is InChI=1S/C23H19NO5S/c1-14-7-8-16(13-20(14)28-2)21-22(25)18-5-3-4-6-19(18)29-23(21)15-9-11-17(12-10-15)30(24,26)27/h3-13H,1-2H3,(H2,24,26,27). The Morgan fingerprint density at radius 2 is 1.60 bits per heavy atom. The maximum absolute atomic E-state index is 13.4. The van der Waals surface area contributed by atoms with Crippen LogP contribution in [0.4, 0.5) is 0 Å². The molecule has 1 aromatic heterocycles. The van der Waals surface area contributed by atoms with E-state index in [0.29, 0.717) is 39.2 Å². The Morgan fingerprint density at radius 1 is 0.933 bits per heavy atom. The van der Waals surface area contributed by atoms with Gasteiger partial charge in [-0.15, -0.1) is 0 Å². The van der Waals surface area contributed by atoms with Crippen LogP contribution in [0.1, 0.15) is 5.56 Å². The molecule has 7 heteroatoms. The fourth-order valence-electron chi connectivity index (χ4n) is 3.38. The van der Waals surface area contributed by atoms with Crippen LogP contribution in [-0.4, -0.2) is 15.5 Å². The van der Waals surface area contributed by atoms with Gasteiger partial charge in [-0.3, -0.25) is 4.79 Å². The number of methoxy groups -OCH3 is 1. The molecule has 0 atom stereocenters. The quantitative estimate of drug-likeness (QED) is 0.535. The summed E-state index contributed by atoms with van der Waals surface area (Å²) in [4.78, 5) is 13.4. The molecule has 4 rings (SSSR count). The predicted octanol–water partition coefficient (Wildman–Crippen LogP) is 4.09. The van der Waals surface area contributed by atoms with Gasteiger partial charge in [0.15, 0.2) is 0 Å². The van der Waals surface area contributed by atoms with Crippen LogP contribution < -0.4 is 15.3 Å². The summed E-state index contributed by atoms with van der Waals surface area (Å²) in [6.45, 7) is 1.92. The van der Waals surface area contributed by atoms with E-state index in [2.05, 4.69) is 0 Å². The average Bonchev–Trinajstić information content (AvgIpc) is 2.74. The molecule has 0 fully saturated rings. The minimum Gasteiger partial charge on any atom is -0.496 e. The van der Waals surface area contributed by atoms with Gasteiger partial charge in [0.05, 0.1) is 23.0 Å². The molecule has 4 aromatic rings. The minimum absolute atomic E-state index is 0.0204. The molecule has 0 unspecified atom stereocenters. The molecule has 0 saturated heterocycles.